The molecule has 8 nitrogen and oxygen atoms in total. The first-order valence-electron chi connectivity index (χ1n) is 11.5. The third-order valence-electron chi connectivity index (χ3n) is 5.79. The number of aromatic nitrogens is 4. The van der Waals surface area contributed by atoms with E-state index in [1.807, 2.05) is 50.3 Å². The van der Waals surface area contributed by atoms with Gasteiger partial charge in [0.2, 0.25) is 11.8 Å². The molecule has 0 spiro atoms. The maximum absolute atomic E-state index is 13.7. The number of allylic oxidation sites excluding steroid dienone is 2. The van der Waals surface area contributed by atoms with Gasteiger partial charge < -0.3 is 9.52 Å². The quantitative estimate of drug-likeness (QED) is 0.512. The molecule has 0 bridgehead atoms. The van der Waals surface area contributed by atoms with E-state index in [9.17, 15) is 9.90 Å². The van der Waals surface area contributed by atoms with Gasteiger partial charge in [0.05, 0.1) is 12.5 Å². The Morgan fingerprint density at radius 3 is 2.64 bits per heavy atom. The van der Waals surface area contributed by atoms with Crippen LogP contribution in [-0.4, -0.2) is 30.6 Å². The van der Waals surface area contributed by atoms with Crippen molar-refractivity contribution in [3.63, 3.8) is 0 Å². The molecule has 0 fully saturated rings. The Morgan fingerprint density at radius 1 is 1.18 bits per heavy atom. The summed E-state index contributed by atoms with van der Waals surface area (Å²) in [7, 11) is 0. The topological polar surface area (TPSA) is 106 Å². The molecule has 0 aliphatic carbocycles. The standard InChI is InChI=1S/C25H29N5O3/c1-4-6-12-20-27-23(31)22(24-29-28-21(33-24)15-18-14-13-16(3)26-18)25(32)30(20)19(5-2)17-10-8-7-9-11-17/h7-11,14,19,31H,4-6,12-13,15H2,1-3H3/t19-/m0/s1. The average molecular weight is 448 g/mol. The Balaban J connectivity index is 1.78. The van der Waals surface area contributed by atoms with Gasteiger partial charge in [-0.2, -0.15) is 4.98 Å². The van der Waals surface area contributed by atoms with E-state index in [0.29, 0.717) is 31.0 Å². The molecular weight excluding hydrogens is 418 g/mol. The van der Waals surface area contributed by atoms with Gasteiger partial charge in [-0.05, 0) is 25.3 Å². The lowest BCUT2D eigenvalue weighted by atomic mass is 10.0. The minimum Gasteiger partial charge on any atom is -0.493 e. The Kier molecular flexibility index (Phi) is 6.82. The molecule has 172 valence electrons. The highest BCUT2D eigenvalue weighted by Gasteiger charge is 2.26. The minimum absolute atomic E-state index is 0.0296. The first-order valence-corrected chi connectivity index (χ1v) is 11.5. The molecule has 0 saturated heterocycles. The van der Waals surface area contributed by atoms with E-state index < -0.39 is 0 Å². The smallest absolute Gasteiger partial charge is 0.270 e. The lowest BCUT2D eigenvalue weighted by Gasteiger charge is -2.23. The fraction of sp³-hybridized carbons (Fsp3) is 0.400. The number of nitrogens with zero attached hydrogens (tertiary/aromatic N) is 5. The van der Waals surface area contributed by atoms with E-state index in [2.05, 4.69) is 27.1 Å². The molecule has 1 aliphatic heterocycles. The molecule has 0 unspecified atom stereocenters. The van der Waals surface area contributed by atoms with Crippen molar-refractivity contribution in [1.82, 2.24) is 19.7 Å². The fourth-order valence-corrected chi connectivity index (χ4v) is 4.12. The van der Waals surface area contributed by atoms with Crippen LogP contribution in [0.4, 0.5) is 0 Å². The lowest BCUT2D eigenvalue weighted by molar-refractivity contribution is 0.425. The van der Waals surface area contributed by atoms with Gasteiger partial charge in [-0.15, -0.1) is 10.2 Å². The summed E-state index contributed by atoms with van der Waals surface area (Å²) in [6, 6.07) is 9.63. The zero-order valence-corrected chi connectivity index (χ0v) is 19.3. The highest BCUT2D eigenvalue weighted by molar-refractivity contribution is 5.86. The molecule has 3 heterocycles. The van der Waals surface area contributed by atoms with Crippen LogP contribution in [0, 0.1) is 0 Å². The summed E-state index contributed by atoms with van der Waals surface area (Å²) in [5, 5.41) is 18.8. The van der Waals surface area contributed by atoms with Crippen molar-refractivity contribution in [2.24, 2.45) is 4.99 Å². The molecule has 4 rings (SSSR count). The summed E-state index contributed by atoms with van der Waals surface area (Å²) in [4.78, 5) is 22.6. The molecule has 3 aromatic rings. The van der Waals surface area contributed by atoms with Gasteiger partial charge in [-0.25, -0.2) is 0 Å². The summed E-state index contributed by atoms with van der Waals surface area (Å²) in [5.74, 6) is 0.483. The molecule has 8 heteroatoms. The summed E-state index contributed by atoms with van der Waals surface area (Å²) < 4.78 is 7.46. The van der Waals surface area contributed by atoms with E-state index in [4.69, 9.17) is 4.42 Å². The van der Waals surface area contributed by atoms with Crippen LogP contribution in [0.1, 0.15) is 69.8 Å². The highest BCUT2D eigenvalue weighted by atomic mass is 16.4. The Morgan fingerprint density at radius 2 is 1.97 bits per heavy atom. The summed E-state index contributed by atoms with van der Waals surface area (Å²) >= 11 is 0. The number of hydrogen-bond acceptors (Lipinski definition) is 7. The minimum atomic E-state index is -0.381. The van der Waals surface area contributed by atoms with Crippen molar-refractivity contribution in [3.05, 3.63) is 69.7 Å². The predicted molar refractivity (Wildman–Crippen MR) is 126 cm³/mol. The van der Waals surface area contributed by atoms with Crippen molar-refractivity contribution in [1.29, 1.82) is 0 Å². The van der Waals surface area contributed by atoms with E-state index >= 15 is 0 Å². The van der Waals surface area contributed by atoms with Gasteiger partial charge in [-0.1, -0.05) is 56.7 Å². The molecule has 0 amide bonds. The van der Waals surface area contributed by atoms with E-state index in [1.165, 1.54) is 0 Å². The molecule has 1 aromatic carbocycles. The van der Waals surface area contributed by atoms with Gasteiger partial charge in [-0.3, -0.25) is 14.4 Å². The maximum Gasteiger partial charge on any atom is 0.270 e. The summed E-state index contributed by atoms with van der Waals surface area (Å²) in [6.07, 6.45) is 6.28. The first kappa shape index (κ1) is 22.6. The molecule has 1 aliphatic rings. The van der Waals surface area contributed by atoms with Crippen molar-refractivity contribution in [3.8, 4) is 17.3 Å². The summed E-state index contributed by atoms with van der Waals surface area (Å²) in [5.41, 5.74) is 2.44. The second-order valence-corrected chi connectivity index (χ2v) is 8.26. The van der Waals surface area contributed by atoms with Crippen molar-refractivity contribution < 1.29 is 9.52 Å². The Hall–Kier alpha value is -3.55. The van der Waals surface area contributed by atoms with Crippen LogP contribution in [0.3, 0.4) is 0 Å². The van der Waals surface area contributed by atoms with Crippen LogP contribution in [0.2, 0.25) is 0 Å². The van der Waals surface area contributed by atoms with Gasteiger partial charge in [0, 0.05) is 24.3 Å². The van der Waals surface area contributed by atoms with Gasteiger partial charge >= 0.3 is 0 Å². The highest BCUT2D eigenvalue weighted by Crippen LogP contribution is 2.28. The van der Waals surface area contributed by atoms with Gasteiger partial charge in [0.15, 0.2) is 5.56 Å². The van der Waals surface area contributed by atoms with Crippen LogP contribution in [0.15, 0.2) is 56.3 Å². The summed E-state index contributed by atoms with van der Waals surface area (Å²) in [6.45, 7) is 6.07. The lowest BCUT2D eigenvalue weighted by Crippen LogP contribution is -2.31. The molecular formula is C25H29N5O3. The van der Waals surface area contributed by atoms with Crippen LogP contribution in [0.5, 0.6) is 5.88 Å². The van der Waals surface area contributed by atoms with Crippen LogP contribution >= 0.6 is 0 Å². The fourth-order valence-electron chi connectivity index (χ4n) is 4.12. The molecule has 1 atom stereocenters. The van der Waals surface area contributed by atoms with Crippen molar-refractivity contribution in [2.75, 3.05) is 0 Å². The van der Waals surface area contributed by atoms with E-state index in [1.54, 1.807) is 4.57 Å². The van der Waals surface area contributed by atoms with Gasteiger partial charge in [0.25, 0.3) is 11.4 Å². The molecule has 0 saturated carbocycles. The zero-order valence-electron chi connectivity index (χ0n) is 19.3. The zero-order chi connectivity index (χ0) is 23.4. The Bertz CT molecular complexity index is 1240. The first-order chi connectivity index (χ1) is 16.0. The molecule has 0 radical (unpaired) electrons. The maximum atomic E-state index is 13.7. The normalized spacial score (nSPS) is 14.3. The second-order valence-electron chi connectivity index (χ2n) is 8.26. The number of aromatic hydroxyl groups is 1. The molecule has 1 N–H and O–H groups in total. The molecule has 2 aromatic heterocycles. The Labute approximate surface area is 192 Å². The number of benzene rings is 1. The van der Waals surface area contributed by atoms with Crippen LogP contribution < -0.4 is 5.56 Å². The number of unbranched alkanes of at least 4 members (excludes halogenated alkanes) is 1. The predicted octanol–water partition coefficient (Wildman–Crippen LogP) is 4.63. The average Bonchev–Trinajstić information content (AvgIpc) is 3.44. The van der Waals surface area contributed by atoms with Crippen molar-refractivity contribution in [2.45, 2.75) is 65.3 Å². The number of hydrogen-bond donors (Lipinski definition) is 1. The van der Waals surface area contributed by atoms with Gasteiger partial charge in [0.1, 0.15) is 5.82 Å². The number of aliphatic imine (C=N–C) groups is 1. The van der Waals surface area contributed by atoms with Crippen molar-refractivity contribution >= 4 is 5.71 Å². The number of rotatable bonds is 9. The third-order valence-corrected chi connectivity index (χ3v) is 5.79. The van der Waals surface area contributed by atoms with Crippen LogP contribution in [-0.2, 0) is 12.8 Å². The van der Waals surface area contributed by atoms with Crippen LogP contribution in [0.25, 0.3) is 11.5 Å². The van der Waals surface area contributed by atoms with E-state index in [0.717, 1.165) is 36.2 Å². The monoisotopic (exact) mass is 447 g/mol. The van der Waals surface area contributed by atoms with E-state index in [-0.39, 0.29) is 28.9 Å². The largest absolute Gasteiger partial charge is 0.493 e. The molecule has 33 heavy (non-hydrogen) atoms. The third kappa shape index (κ3) is 4.79. The number of aryl methyl sites for hydroxylation is 1. The second kappa shape index (κ2) is 9.94. The SMILES string of the molecule is CCCCc1nc(O)c(-c2nnc(CC3=CCC(C)=N3)o2)c(=O)n1[C@@H](CC)c1ccccc1.